The number of ether oxygens (including phenoxy) is 1. The summed E-state index contributed by atoms with van der Waals surface area (Å²) in [5.41, 5.74) is 3.30. The third kappa shape index (κ3) is 5.19. The van der Waals surface area contributed by atoms with Crippen LogP contribution in [0.25, 0.3) is 0 Å². The first-order chi connectivity index (χ1) is 19.9. The number of amides is 3. The summed E-state index contributed by atoms with van der Waals surface area (Å²) in [7, 11) is 0. The van der Waals surface area contributed by atoms with Crippen LogP contribution < -0.4 is 15.4 Å². The number of fused-ring (bicyclic) bond motifs is 1. The molecule has 226 valence electrons. The molecule has 3 N–H and O–H groups in total. The van der Waals surface area contributed by atoms with Gasteiger partial charge in [0.1, 0.15) is 11.8 Å². The number of nitrogens with zero attached hydrogens (tertiary/aromatic N) is 1. The maximum Gasteiger partial charge on any atom is 0.248 e. The summed E-state index contributed by atoms with van der Waals surface area (Å²) in [5.74, 6) is -1.04. The molecule has 2 aromatic carbocycles. The summed E-state index contributed by atoms with van der Waals surface area (Å²) >= 11 is 1.63. The Labute approximate surface area is 253 Å². The average Bonchev–Trinajstić information content (AvgIpc) is 3.51. The lowest BCUT2D eigenvalue weighted by Gasteiger charge is -2.37. The second-order valence-electron chi connectivity index (χ2n) is 12.7. The molecule has 8 nitrogen and oxygen atoms in total. The molecule has 0 aromatic heterocycles. The third-order valence-electron chi connectivity index (χ3n) is 9.18. The first-order valence-electron chi connectivity index (χ1n) is 15.0. The topological polar surface area (TPSA) is 108 Å². The zero-order valence-electron chi connectivity index (χ0n) is 25.4. The van der Waals surface area contributed by atoms with Gasteiger partial charge in [-0.05, 0) is 94.3 Å². The number of likely N-dealkylation sites (tertiary alicyclic amines) is 1. The number of aliphatic hydroxyl groups is 1. The molecular formula is C33H43N3O5S. The summed E-state index contributed by atoms with van der Waals surface area (Å²) in [5, 5.41) is 16.7. The molecule has 2 bridgehead atoms. The van der Waals surface area contributed by atoms with E-state index in [0.717, 1.165) is 23.3 Å². The van der Waals surface area contributed by atoms with Gasteiger partial charge in [0.25, 0.3) is 0 Å². The molecule has 0 aliphatic carbocycles. The van der Waals surface area contributed by atoms with Crippen LogP contribution in [0.2, 0.25) is 0 Å². The van der Waals surface area contributed by atoms with Crippen molar-refractivity contribution < 1.29 is 24.2 Å². The highest BCUT2D eigenvalue weighted by molar-refractivity contribution is 8.02. The predicted molar refractivity (Wildman–Crippen MR) is 167 cm³/mol. The van der Waals surface area contributed by atoms with Crippen molar-refractivity contribution in [1.82, 2.24) is 4.90 Å². The number of hydrogen-bond acceptors (Lipinski definition) is 6. The number of aliphatic hydroxyl groups excluding tert-OH is 1. The molecule has 0 saturated carbocycles. The zero-order chi connectivity index (χ0) is 30.4. The number of carbonyl (C=O) groups excluding carboxylic acids is 3. The lowest BCUT2D eigenvalue weighted by Crippen LogP contribution is -2.55. The van der Waals surface area contributed by atoms with Crippen molar-refractivity contribution in [3.05, 3.63) is 53.6 Å². The lowest BCUT2D eigenvalue weighted by molar-refractivity contribution is -0.142. The Balaban J connectivity index is 1.51. The molecule has 2 unspecified atom stereocenters. The summed E-state index contributed by atoms with van der Waals surface area (Å²) in [6.45, 7) is 12.3. The van der Waals surface area contributed by atoms with E-state index in [4.69, 9.17) is 4.74 Å². The Bertz CT molecular complexity index is 1360. The monoisotopic (exact) mass is 593 g/mol. The molecule has 3 fully saturated rings. The average molecular weight is 594 g/mol. The first kappa shape index (κ1) is 30.4. The highest BCUT2D eigenvalue weighted by Crippen LogP contribution is 2.71. The van der Waals surface area contributed by atoms with Gasteiger partial charge in [-0.3, -0.25) is 14.4 Å². The standard InChI is InChI=1S/C33H43N3O5S/c1-7-41-24-12-10-22(11-13-24)34-29(38)26-27-31(40)36(23(18-37)16-19(2)3)28(33(27)15-14-32(26,6)42-33)30(39)35-25-17-20(4)8-9-21(25)5/h8-13,17,19,23,26-28,37H,7,14-16,18H2,1-6H3,(H,34,38)(H,35,39)/t23-,26-,27+,28?,32+,33?/m1/s1. The van der Waals surface area contributed by atoms with Gasteiger partial charge in [0, 0.05) is 16.1 Å². The summed E-state index contributed by atoms with van der Waals surface area (Å²) in [6.07, 6.45) is 1.93. The van der Waals surface area contributed by atoms with Crippen molar-refractivity contribution in [2.45, 2.75) is 82.4 Å². The number of carbonyl (C=O) groups is 3. The highest BCUT2D eigenvalue weighted by atomic mass is 32.2. The minimum Gasteiger partial charge on any atom is -0.494 e. The number of nitrogens with one attached hydrogen (secondary N) is 2. The molecule has 9 heteroatoms. The number of benzene rings is 2. The molecule has 2 aromatic rings. The molecule has 3 aliphatic heterocycles. The van der Waals surface area contributed by atoms with Crippen molar-refractivity contribution >= 4 is 40.9 Å². The van der Waals surface area contributed by atoms with Crippen LogP contribution >= 0.6 is 11.8 Å². The van der Waals surface area contributed by atoms with E-state index >= 15 is 0 Å². The number of thioether (sulfide) groups is 1. The Morgan fingerprint density at radius 2 is 1.81 bits per heavy atom. The van der Waals surface area contributed by atoms with Crippen molar-refractivity contribution in [1.29, 1.82) is 0 Å². The molecule has 3 saturated heterocycles. The van der Waals surface area contributed by atoms with Crippen molar-refractivity contribution in [3.8, 4) is 5.75 Å². The van der Waals surface area contributed by atoms with Crippen LogP contribution in [0.1, 0.15) is 58.1 Å². The number of aryl methyl sites for hydroxylation is 2. The zero-order valence-corrected chi connectivity index (χ0v) is 26.2. The maximum absolute atomic E-state index is 14.5. The number of hydrogen-bond donors (Lipinski definition) is 3. The fourth-order valence-corrected chi connectivity index (χ4v) is 9.71. The highest BCUT2D eigenvalue weighted by Gasteiger charge is 2.77. The van der Waals surface area contributed by atoms with Gasteiger partial charge in [-0.25, -0.2) is 0 Å². The van der Waals surface area contributed by atoms with Crippen molar-refractivity contribution in [3.63, 3.8) is 0 Å². The number of anilines is 2. The Kier molecular flexibility index (Phi) is 8.38. The predicted octanol–water partition coefficient (Wildman–Crippen LogP) is 5.17. The molecule has 1 spiro atoms. The SMILES string of the molecule is CCOc1ccc(NC(=O)[C@H]2[C@H]3C(=O)N([C@@H](CO)CC(C)C)C(C(=O)Nc4cc(C)ccc4C)C34CC[C@]2(C)S4)cc1. The molecular weight excluding hydrogens is 550 g/mol. The largest absolute Gasteiger partial charge is 0.494 e. The van der Waals surface area contributed by atoms with Gasteiger partial charge in [0.15, 0.2) is 0 Å². The molecule has 5 rings (SSSR count). The van der Waals surface area contributed by atoms with Gasteiger partial charge in [-0.1, -0.05) is 26.0 Å². The van der Waals surface area contributed by atoms with E-state index in [1.807, 2.05) is 65.0 Å². The molecule has 42 heavy (non-hydrogen) atoms. The minimum atomic E-state index is -0.805. The quantitative estimate of drug-likeness (QED) is 0.351. The second kappa shape index (κ2) is 11.6. The van der Waals surface area contributed by atoms with Crippen LogP contribution in [-0.4, -0.2) is 62.5 Å². The molecule has 3 aliphatic rings. The maximum atomic E-state index is 14.5. The van der Waals surface area contributed by atoms with Gasteiger partial charge in [0.2, 0.25) is 17.7 Å². The van der Waals surface area contributed by atoms with Gasteiger partial charge in [-0.15, -0.1) is 11.8 Å². The van der Waals surface area contributed by atoms with E-state index in [9.17, 15) is 19.5 Å². The Morgan fingerprint density at radius 3 is 2.45 bits per heavy atom. The summed E-state index contributed by atoms with van der Waals surface area (Å²) in [4.78, 5) is 44.4. The van der Waals surface area contributed by atoms with E-state index in [-0.39, 0.29) is 30.2 Å². The van der Waals surface area contributed by atoms with Gasteiger partial charge in [-0.2, -0.15) is 0 Å². The van der Waals surface area contributed by atoms with Gasteiger partial charge < -0.3 is 25.4 Å². The van der Waals surface area contributed by atoms with Crippen molar-refractivity contribution in [2.75, 3.05) is 23.8 Å². The first-order valence-corrected chi connectivity index (χ1v) is 15.8. The third-order valence-corrected chi connectivity index (χ3v) is 11.2. The molecule has 3 heterocycles. The fourth-order valence-electron chi connectivity index (χ4n) is 7.37. The van der Waals surface area contributed by atoms with E-state index in [1.54, 1.807) is 28.8 Å². The van der Waals surface area contributed by atoms with Crippen LogP contribution in [0.3, 0.4) is 0 Å². The Hall–Kier alpha value is -3.04. The Morgan fingerprint density at radius 1 is 1.10 bits per heavy atom. The van der Waals surface area contributed by atoms with E-state index in [2.05, 4.69) is 17.6 Å². The van der Waals surface area contributed by atoms with E-state index in [1.165, 1.54) is 0 Å². The van der Waals surface area contributed by atoms with E-state index in [0.29, 0.717) is 30.8 Å². The molecule has 3 amide bonds. The van der Waals surface area contributed by atoms with Crippen LogP contribution in [0.5, 0.6) is 5.75 Å². The summed E-state index contributed by atoms with van der Waals surface area (Å²) < 4.78 is 4.27. The lowest BCUT2D eigenvalue weighted by atomic mass is 9.66. The number of rotatable bonds is 10. The second-order valence-corrected chi connectivity index (χ2v) is 14.6. The summed E-state index contributed by atoms with van der Waals surface area (Å²) in [6, 6.07) is 11.8. The van der Waals surface area contributed by atoms with Crippen LogP contribution in [0.4, 0.5) is 11.4 Å². The normalized spacial score (nSPS) is 28.6. The van der Waals surface area contributed by atoms with Crippen LogP contribution in [0, 0.1) is 31.6 Å². The molecule has 0 radical (unpaired) electrons. The smallest absolute Gasteiger partial charge is 0.248 e. The van der Waals surface area contributed by atoms with Gasteiger partial charge >= 0.3 is 0 Å². The van der Waals surface area contributed by atoms with Crippen LogP contribution in [-0.2, 0) is 14.4 Å². The van der Waals surface area contributed by atoms with E-state index < -0.39 is 33.4 Å². The van der Waals surface area contributed by atoms with Crippen LogP contribution in [0.15, 0.2) is 42.5 Å². The van der Waals surface area contributed by atoms with Gasteiger partial charge in [0.05, 0.1) is 35.8 Å². The molecule has 6 atom stereocenters. The van der Waals surface area contributed by atoms with Crippen molar-refractivity contribution in [2.24, 2.45) is 17.8 Å². The minimum absolute atomic E-state index is 0.205. The fraction of sp³-hybridized carbons (Fsp3) is 0.545.